The molecular formula is C18H18FNO. The Labute approximate surface area is 124 Å². The van der Waals surface area contributed by atoms with Gasteiger partial charge in [-0.2, -0.15) is 0 Å². The van der Waals surface area contributed by atoms with Crippen molar-refractivity contribution in [1.29, 1.82) is 0 Å². The van der Waals surface area contributed by atoms with E-state index in [4.69, 9.17) is 0 Å². The van der Waals surface area contributed by atoms with Gasteiger partial charge in [0, 0.05) is 5.69 Å². The molecule has 1 aliphatic rings. The van der Waals surface area contributed by atoms with E-state index in [0.717, 1.165) is 24.1 Å². The first-order valence-corrected chi connectivity index (χ1v) is 7.23. The molecule has 3 rings (SSSR count). The first-order chi connectivity index (χ1) is 10.1. The SMILES string of the molecule is Cc1cc(NC(=O)c2ccccc2F)c(C2CC2)cc1C. The molecule has 0 heterocycles. The summed E-state index contributed by atoms with van der Waals surface area (Å²) >= 11 is 0. The first kappa shape index (κ1) is 13.8. The molecule has 0 bridgehead atoms. The second-order valence-corrected chi connectivity index (χ2v) is 5.73. The minimum Gasteiger partial charge on any atom is -0.322 e. The van der Waals surface area contributed by atoms with Crippen molar-refractivity contribution in [3.63, 3.8) is 0 Å². The zero-order valence-electron chi connectivity index (χ0n) is 12.2. The second-order valence-electron chi connectivity index (χ2n) is 5.73. The number of hydrogen-bond donors (Lipinski definition) is 1. The third-order valence-electron chi connectivity index (χ3n) is 4.05. The van der Waals surface area contributed by atoms with Gasteiger partial charge in [0.2, 0.25) is 0 Å². The first-order valence-electron chi connectivity index (χ1n) is 7.23. The van der Waals surface area contributed by atoms with Crippen LogP contribution in [0.2, 0.25) is 0 Å². The van der Waals surface area contributed by atoms with E-state index < -0.39 is 11.7 Å². The monoisotopic (exact) mass is 283 g/mol. The van der Waals surface area contributed by atoms with Gasteiger partial charge in [0.15, 0.2) is 0 Å². The molecule has 3 heteroatoms. The van der Waals surface area contributed by atoms with Gasteiger partial charge in [-0.1, -0.05) is 18.2 Å². The van der Waals surface area contributed by atoms with Crippen LogP contribution in [0.15, 0.2) is 36.4 Å². The third-order valence-corrected chi connectivity index (χ3v) is 4.05. The van der Waals surface area contributed by atoms with Crippen molar-refractivity contribution in [3.8, 4) is 0 Å². The van der Waals surface area contributed by atoms with Gasteiger partial charge in [-0.3, -0.25) is 4.79 Å². The van der Waals surface area contributed by atoms with Crippen molar-refractivity contribution >= 4 is 11.6 Å². The Hall–Kier alpha value is -2.16. The van der Waals surface area contributed by atoms with Crippen LogP contribution in [0.25, 0.3) is 0 Å². The molecule has 0 atom stereocenters. The Morgan fingerprint density at radius 2 is 1.81 bits per heavy atom. The molecule has 2 nitrogen and oxygen atoms in total. The number of amides is 1. The van der Waals surface area contributed by atoms with Gasteiger partial charge in [0.05, 0.1) is 5.56 Å². The summed E-state index contributed by atoms with van der Waals surface area (Å²) in [4.78, 5) is 12.3. The average molecular weight is 283 g/mol. The highest BCUT2D eigenvalue weighted by Gasteiger charge is 2.27. The van der Waals surface area contributed by atoms with Crippen molar-refractivity contribution in [2.24, 2.45) is 0 Å². The lowest BCUT2D eigenvalue weighted by Crippen LogP contribution is -2.15. The van der Waals surface area contributed by atoms with Crippen LogP contribution in [0.1, 0.15) is 45.8 Å². The molecule has 0 unspecified atom stereocenters. The fraction of sp³-hybridized carbons (Fsp3) is 0.278. The molecule has 0 aliphatic heterocycles. The molecule has 0 radical (unpaired) electrons. The summed E-state index contributed by atoms with van der Waals surface area (Å²) in [6.07, 6.45) is 2.32. The summed E-state index contributed by atoms with van der Waals surface area (Å²) in [7, 11) is 0. The largest absolute Gasteiger partial charge is 0.322 e. The molecular weight excluding hydrogens is 265 g/mol. The molecule has 1 fully saturated rings. The quantitative estimate of drug-likeness (QED) is 0.878. The number of carbonyl (C=O) groups excluding carboxylic acids is 1. The van der Waals surface area contributed by atoms with Crippen molar-refractivity contribution in [3.05, 3.63) is 64.5 Å². The van der Waals surface area contributed by atoms with Gasteiger partial charge >= 0.3 is 0 Å². The number of benzene rings is 2. The molecule has 1 saturated carbocycles. The zero-order chi connectivity index (χ0) is 15.0. The van der Waals surface area contributed by atoms with E-state index in [0.29, 0.717) is 5.92 Å². The third kappa shape index (κ3) is 2.82. The van der Waals surface area contributed by atoms with E-state index in [-0.39, 0.29) is 5.56 Å². The summed E-state index contributed by atoms with van der Waals surface area (Å²) in [6, 6.07) is 10.2. The van der Waals surface area contributed by atoms with Crippen LogP contribution in [-0.2, 0) is 0 Å². The second kappa shape index (κ2) is 5.32. The molecule has 1 aliphatic carbocycles. The van der Waals surface area contributed by atoms with Crippen LogP contribution >= 0.6 is 0 Å². The van der Waals surface area contributed by atoms with Crippen LogP contribution < -0.4 is 5.32 Å². The van der Waals surface area contributed by atoms with E-state index in [1.807, 2.05) is 13.0 Å². The van der Waals surface area contributed by atoms with Crippen LogP contribution in [0.4, 0.5) is 10.1 Å². The van der Waals surface area contributed by atoms with Crippen LogP contribution in [-0.4, -0.2) is 5.91 Å². The predicted molar refractivity (Wildman–Crippen MR) is 82.2 cm³/mol. The smallest absolute Gasteiger partial charge is 0.258 e. The fourth-order valence-electron chi connectivity index (χ4n) is 2.51. The number of hydrogen-bond acceptors (Lipinski definition) is 1. The molecule has 2 aromatic carbocycles. The molecule has 2 aromatic rings. The number of rotatable bonds is 3. The maximum Gasteiger partial charge on any atom is 0.258 e. The Bertz CT molecular complexity index is 704. The predicted octanol–water partition coefficient (Wildman–Crippen LogP) is 4.57. The van der Waals surface area contributed by atoms with E-state index >= 15 is 0 Å². The topological polar surface area (TPSA) is 29.1 Å². The molecule has 108 valence electrons. The average Bonchev–Trinajstić information content (AvgIpc) is 3.27. The Morgan fingerprint density at radius 3 is 2.48 bits per heavy atom. The molecule has 1 N–H and O–H groups in total. The van der Waals surface area contributed by atoms with Crippen molar-refractivity contribution in [1.82, 2.24) is 0 Å². The molecule has 1 amide bonds. The highest BCUT2D eigenvalue weighted by molar-refractivity contribution is 6.05. The zero-order valence-corrected chi connectivity index (χ0v) is 12.2. The summed E-state index contributed by atoms with van der Waals surface area (Å²) in [6.45, 7) is 4.09. The number of aryl methyl sites for hydroxylation is 2. The minimum atomic E-state index is -0.494. The lowest BCUT2D eigenvalue weighted by Gasteiger charge is -2.14. The highest BCUT2D eigenvalue weighted by Crippen LogP contribution is 2.44. The molecule has 21 heavy (non-hydrogen) atoms. The van der Waals surface area contributed by atoms with Gasteiger partial charge in [-0.05, 0) is 67.5 Å². The van der Waals surface area contributed by atoms with E-state index in [9.17, 15) is 9.18 Å². The lowest BCUT2D eigenvalue weighted by atomic mass is 10.0. The Balaban J connectivity index is 1.93. The van der Waals surface area contributed by atoms with E-state index in [1.165, 1.54) is 23.3 Å². The summed E-state index contributed by atoms with van der Waals surface area (Å²) in [5.74, 6) is -0.356. The van der Waals surface area contributed by atoms with Gasteiger partial charge in [-0.15, -0.1) is 0 Å². The lowest BCUT2D eigenvalue weighted by molar-refractivity contribution is 0.102. The standard InChI is InChI=1S/C18H18FNO/c1-11-9-15(13-7-8-13)17(10-12(11)2)20-18(21)14-5-3-4-6-16(14)19/h3-6,9-10,13H,7-8H2,1-2H3,(H,20,21). The van der Waals surface area contributed by atoms with E-state index in [2.05, 4.69) is 18.3 Å². The maximum absolute atomic E-state index is 13.7. The summed E-state index contributed by atoms with van der Waals surface area (Å²) in [5.41, 5.74) is 4.41. The van der Waals surface area contributed by atoms with E-state index in [1.54, 1.807) is 12.1 Å². The molecule has 0 spiro atoms. The van der Waals surface area contributed by atoms with Gasteiger partial charge in [-0.25, -0.2) is 4.39 Å². The van der Waals surface area contributed by atoms with Crippen LogP contribution in [0, 0.1) is 19.7 Å². The van der Waals surface area contributed by atoms with Crippen LogP contribution in [0.5, 0.6) is 0 Å². The van der Waals surface area contributed by atoms with Gasteiger partial charge < -0.3 is 5.32 Å². The molecule has 0 aromatic heterocycles. The highest BCUT2D eigenvalue weighted by atomic mass is 19.1. The van der Waals surface area contributed by atoms with Crippen molar-refractivity contribution in [2.75, 3.05) is 5.32 Å². The fourth-order valence-corrected chi connectivity index (χ4v) is 2.51. The van der Waals surface area contributed by atoms with Crippen LogP contribution in [0.3, 0.4) is 0 Å². The Morgan fingerprint density at radius 1 is 1.14 bits per heavy atom. The normalized spacial score (nSPS) is 14.0. The van der Waals surface area contributed by atoms with Gasteiger partial charge in [0.1, 0.15) is 5.82 Å². The minimum absolute atomic E-state index is 0.0810. The number of anilines is 1. The number of halogens is 1. The Kier molecular flexibility index (Phi) is 3.50. The summed E-state index contributed by atoms with van der Waals surface area (Å²) in [5, 5.41) is 2.88. The number of nitrogens with one attached hydrogen (secondary N) is 1. The molecule has 0 saturated heterocycles. The van der Waals surface area contributed by atoms with Crippen molar-refractivity contribution in [2.45, 2.75) is 32.6 Å². The number of carbonyl (C=O) groups is 1. The maximum atomic E-state index is 13.7. The van der Waals surface area contributed by atoms with Crippen molar-refractivity contribution < 1.29 is 9.18 Å². The van der Waals surface area contributed by atoms with Gasteiger partial charge in [0.25, 0.3) is 5.91 Å². The summed E-state index contributed by atoms with van der Waals surface area (Å²) < 4.78 is 13.7.